The number of fused-ring (bicyclic) bond motifs is 1. The van der Waals surface area contributed by atoms with E-state index in [-0.39, 0.29) is 43.5 Å². The molecule has 1 aliphatic rings. The molecule has 0 radical (unpaired) electrons. The third-order valence-corrected chi connectivity index (χ3v) is 4.34. The van der Waals surface area contributed by atoms with Crippen molar-refractivity contribution in [1.29, 1.82) is 0 Å². The monoisotopic (exact) mass is 360 g/mol. The number of aliphatic hydroxyl groups is 2. The Hall–Kier alpha value is -2.91. The second-order valence-corrected chi connectivity index (χ2v) is 5.87. The lowest BCUT2D eigenvalue weighted by Crippen LogP contribution is -2.31. The molecule has 1 aliphatic heterocycles. The number of hydrogen-bond donors (Lipinski definition) is 3. The van der Waals surface area contributed by atoms with Crippen molar-refractivity contribution in [3.63, 3.8) is 0 Å². The average molecular weight is 360 g/mol. The zero-order valence-corrected chi connectivity index (χ0v) is 14.5. The number of nitrogens with one attached hydrogen (secondary N) is 1. The molecule has 2 heterocycles. The highest BCUT2D eigenvalue weighted by Gasteiger charge is 2.34. The van der Waals surface area contributed by atoms with E-state index in [1.54, 1.807) is 23.7 Å². The molecule has 3 N–H and O–H groups in total. The molecule has 1 amide bonds. The first-order chi connectivity index (χ1) is 12.5. The molecule has 138 valence electrons. The van der Waals surface area contributed by atoms with E-state index in [9.17, 15) is 14.7 Å². The molecule has 0 fully saturated rings. The van der Waals surface area contributed by atoms with Crippen LogP contribution in [-0.4, -0.2) is 63.3 Å². The Bertz CT molecular complexity index is 902. The fraction of sp³-hybridized carbons (Fsp3) is 0.353. The molecular weight excluding hydrogens is 340 g/mol. The van der Waals surface area contributed by atoms with Crippen LogP contribution in [0.15, 0.2) is 29.5 Å². The lowest BCUT2D eigenvalue weighted by molar-refractivity contribution is -0.136. The van der Waals surface area contributed by atoms with Crippen molar-refractivity contribution in [3.05, 3.63) is 35.3 Å². The van der Waals surface area contributed by atoms with Crippen LogP contribution in [-0.2, 0) is 28.0 Å². The summed E-state index contributed by atoms with van der Waals surface area (Å²) in [6.07, 6.45) is 0. The van der Waals surface area contributed by atoms with Crippen molar-refractivity contribution >= 4 is 28.6 Å². The van der Waals surface area contributed by atoms with Gasteiger partial charge in [-0.3, -0.25) is 4.79 Å². The van der Waals surface area contributed by atoms with E-state index >= 15 is 0 Å². The van der Waals surface area contributed by atoms with Gasteiger partial charge in [-0.1, -0.05) is 0 Å². The number of carbonyl (C=O) groups excluding carboxylic acids is 2. The summed E-state index contributed by atoms with van der Waals surface area (Å²) in [7, 11) is 3.06. The average Bonchev–Trinajstić information content (AvgIpc) is 3.13. The third-order valence-electron chi connectivity index (χ3n) is 4.34. The minimum Gasteiger partial charge on any atom is -0.466 e. The first-order valence-corrected chi connectivity index (χ1v) is 8.05. The van der Waals surface area contributed by atoms with Crippen molar-refractivity contribution in [2.75, 3.05) is 32.1 Å². The fourth-order valence-corrected chi connectivity index (χ4v) is 2.96. The molecule has 0 spiro atoms. The van der Waals surface area contributed by atoms with Gasteiger partial charge < -0.3 is 29.7 Å². The first-order valence-electron chi connectivity index (χ1n) is 8.05. The van der Waals surface area contributed by atoms with E-state index in [0.29, 0.717) is 17.0 Å². The van der Waals surface area contributed by atoms with Crippen LogP contribution in [0, 0.1) is 0 Å². The van der Waals surface area contributed by atoms with Gasteiger partial charge in [-0.05, 0) is 18.2 Å². The number of β-amino-alcohol motifs (C(OH)–C–C–N with tert-alkyl or cyclic N) is 1. The number of amides is 1. The van der Waals surface area contributed by atoms with E-state index in [1.165, 1.54) is 12.0 Å². The minimum absolute atomic E-state index is 0.0783. The summed E-state index contributed by atoms with van der Waals surface area (Å²) in [5.74, 6) is -0.447. The number of imidazole rings is 1. The van der Waals surface area contributed by atoms with E-state index in [2.05, 4.69) is 10.3 Å². The zero-order valence-electron chi connectivity index (χ0n) is 14.5. The number of benzene rings is 1. The van der Waals surface area contributed by atoms with Gasteiger partial charge in [0.05, 0.1) is 36.9 Å². The van der Waals surface area contributed by atoms with Crippen LogP contribution in [0.3, 0.4) is 0 Å². The van der Waals surface area contributed by atoms with Gasteiger partial charge in [0.2, 0.25) is 0 Å². The van der Waals surface area contributed by atoms with Crippen LogP contribution in [0.4, 0.5) is 5.69 Å². The molecule has 3 rings (SSSR count). The summed E-state index contributed by atoms with van der Waals surface area (Å²) >= 11 is 0. The van der Waals surface area contributed by atoms with E-state index in [0.717, 1.165) is 5.52 Å². The smallest absolute Gasteiger partial charge is 0.337 e. The van der Waals surface area contributed by atoms with Gasteiger partial charge in [0, 0.05) is 19.3 Å². The number of aromatic nitrogens is 2. The number of aliphatic hydroxyl groups excluding tert-OH is 2. The second-order valence-electron chi connectivity index (χ2n) is 5.87. The number of ether oxygens (including phenoxy) is 1. The number of methoxy groups -OCH3 is 1. The van der Waals surface area contributed by atoms with Gasteiger partial charge in [0.25, 0.3) is 5.91 Å². The minimum atomic E-state index is -0.595. The van der Waals surface area contributed by atoms with Crippen LogP contribution < -0.4 is 5.32 Å². The SMILES string of the molecule is COC(=O)C1=C(Nc2ccc3c(c2)nc(CO)n3C)C(=O)N(CCO)C1. The Morgan fingerprint density at radius 2 is 2.15 bits per heavy atom. The molecule has 0 unspecified atom stereocenters. The maximum absolute atomic E-state index is 12.5. The predicted molar refractivity (Wildman–Crippen MR) is 93.0 cm³/mol. The van der Waals surface area contributed by atoms with Crippen molar-refractivity contribution < 1.29 is 24.5 Å². The Morgan fingerprint density at radius 1 is 1.38 bits per heavy atom. The number of rotatable bonds is 6. The number of anilines is 1. The number of hydrogen-bond acceptors (Lipinski definition) is 7. The van der Waals surface area contributed by atoms with E-state index in [1.807, 2.05) is 6.07 Å². The Kier molecular flexibility index (Phi) is 4.92. The lowest BCUT2D eigenvalue weighted by Gasteiger charge is -2.15. The van der Waals surface area contributed by atoms with Crippen molar-refractivity contribution in [1.82, 2.24) is 14.5 Å². The van der Waals surface area contributed by atoms with Crippen LogP contribution >= 0.6 is 0 Å². The molecule has 1 aromatic carbocycles. The number of carbonyl (C=O) groups is 2. The summed E-state index contributed by atoms with van der Waals surface area (Å²) in [4.78, 5) is 30.2. The van der Waals surface area contributed by atoms with Crippen LogP contribution in [0.25, 0.3) is 11.0 Å². The third kappa shape index (κ3) is 3.02. The highest BCUT2D eigenvalue weighted by atomic mass is 16.5. The molecule has 0 bridgehead atoms. The number of nitrogens with zero attached hydrogens (tertiary/aromatic N) is 3. The van der Waals surface area contributed by atoms with Crippen LogP contribution in [0.5, 0.6) is 0 Å². The summed E-state index contributed by atoms with van der Waals surface area (Å²) in [5, 5.41) is 21.4. The molecular formula is C17H20N4O5. The highest BCUT2D eigenvalue weighted by Crippen LogP contribution is 2.25. The van der Waals surface area contributed by atoms with Gasteiger partial charge in [0.15, 0.2) is 0 Å². The van der Waals surface area contributed by atoms with Crippen LogP contribution in [0.1, 0.15) is 5.82 Å². The van der Waals surface area contributed by atoms with Crippen molar-refractivity contribution in [2.24, 2.45) is 7.05 Å². The summed E-state index contributed by atoms with van der Waals surface area (Å²) < 4.78 is 6.54. The van der Waals surface area contributed by atoms with Crippen LogP contribution in [0.2, 0.25) is 0 Å². The maximum atomic E-state index is 12.5. The molecule has 0 atom stereocenters. The second kappa shape index (κ2) is 7.14. The summed E-state index contributed by atoms with van der Waals surface area (Å²) in [6, 6.07) is 5.31. The Balaban J connectivity index is 1.95. The Morgan fingerprint density at radius 3 is 2.81 bits per heavy atom. The number of esters is 1. The molecule has 26 heavy (non-hydrogen) atoms. The molecule has 2 aromatic rings. The molecule has 9 heteroatoms. The number of aryl methyl sites for hydroxylation is 1. The van der Waals surface area contributed by atoms with Gasteiger partial charge in [-0.2, -0.15) is 0 Å². The van der Waals surface area contributed by atoms with E-state index < -0.39 is 5.97 Å². The predicted octanol–water partition coefficient (Wildman–Crippen LogP) is -0.261. The fourth-order valence-electron chi connectivity index (χ4n) is 2.96. The largest absolute Gasteiger partial charge is 0.466 e. The lowest BCUT2D eigenvalue weighted by atomic mass is 10.2. The quantitative estimate of drug-likeness (QED) is 0.608. The molecule has 0 aliphatic carbocycles. The van der Waals surface area contributed by atoms with Gasteiger partial charge in [-0.15, -0.1) is 0 Å². The molecule has 0 saturated heterocycles. The Labute approximate surface area is 149 Å². The van der Waals surface area contributed by atoms with E-state index in [4.69, 9.17) is 9.84 Å². The zero-order chi connectivity index (χ0) is 18.8. The molecule has 0 saturated carbocycles. The van der Waals surface area contributed by atoms with Gasteiger partial charge in [-0.25, -0.2) is 9.78 Å². The maximum Gasteiger partial charge on any atom is 0.337 e. The van der Waals surface area contributed by atoms with Crippen molar-refractivity contribution in [3.8, 4) is 0 Å². The topological polar surface area (TPSA) is 117 Å². The summed E-state index contributed by atoms with van der Waals surface area (Å²) in [5.41, 5.74) is 2.41. The molecule has 1 aromatic heterocycles. The highest BCUT2D eigenvalue weighted by molar-refractivity contribution is 6.08. The standard InChI is InChI=1S/C17H20N4O5/c1-20-13-4-3-10(7-12(13)19-14(20)9-23)18-15-11(17(25)26-2)8-21(5-6-22)16(15)24/h3-4,7,18,22-23H,5-6,8-9H2,1-2H3. The normalized spacial score (nSPS) is 14.5. The van der Waals surface area contributed by atoms with Gasteiger partial charge in [0.1, 0.15) is 18.1 Å². The van der Waals surface area contributed by atoms with Gasteiger partial charge >= 0.3 is 5.97 Å². The molecule has 9 nitrogen and oxygen atoms in total. The summed E-state index contributed by atoms with van der Waals surface area (Å²) in [6.45, 7) is -0.171. The first kappa shape index (κ1) is 17.9. The van der Waals surface area contributed by atoms with Crippen molar-refractivity contribution in [2.45, 2.75) is 6.61 Å².